The van der Waals surface area contributed by atoms with Gasteiger partial charge in [0.25, 0.3) is 5.56 Å². The Morgan fingerprint density at radius 1 is 1.00 bits per heavy atom. The zero-order valence-electron chi connectivity index (χ0n) is 12.9. The molecule has 3 rings (SSSR count). The van der Waals surface area contributed by atoms with E-state index in [1.807, 2.05) is 6.07 Å². The molecule has 0 amide bonds. The summed E-state index contributed by atoms with van der Waals surface area (Å²) in [5.74, 6) is 0.373. The molecule has 0 radical (unpaired) electrons. The summed E-state index contributed by atoms with van der Waals surface area (Å²) in [6, 6.07) is 15.4. The lowest BCUT2D eigenvalue weighted by Crippen LogP contribution is -2.16. The van der Waals surface area contributed by atoms with E-state index in [0.717, 1.165) is 0 Å². The topological polar surface area (TPSA) is 91.9 Å². The highest BCUT2D eigenvalue weighted by molar-refractivity contribution is 7.91. The first-order valence-corrected chi connectivity index (χ1v) is 9.22. The first kappa shape index (κ1) is 16.2. The van der Waals surface area contributed by atoms with Crippen LogP contribution in [0.5, 0.6) is 0 Å². The van der Waals surface area contributed by atoms with Gasteiger partial charge in [-0.05, 0) is 30.7 Å². The summed E-state index contributed by atoms with van der Waals surface area (Å²) in [4.78, 5) is 19.2. The molecule has 0 spiro atoms. The van der Waals surface area contributed by atoms with E-state index in [4.69, 9.17) is 0 Å². The van der Waals surface area contributed by atoms with Gasteiger partial charge >= 0.3 is 0 Å². The van der Waals surface area contributed by atoms with Crippen molar-refractivity contribution < 1.29 is 8.42 Å². The highest BCUT2D eigenvalue weighted by Gasteiger charge is 2.13. The molecule has 0 aliphatic rings. The normalized spacial score (nSPS) is 11.5. The molecular weight excluding hydrogens is 326 g/mol. The zero-order valence-corrected chi connectivity index (χ0v) is 13.7. The fraction of sp³-hybridized carbons (Fsp3) is 0.176. The van der Waals surface area contributed by atoms with Crippen molar-refractivity contribution in [2.24, 2.45) is 0 Å². The Labute approximate surface area is 139 Å². The maximum Gasteiger partial charge on any atom is 0.260 e. The van der Waals surface area contributed by atoms with E-state index < -0.39 is 9.84 Å². The van der Waals surface area contributed by atoms with Crippen molar-refractivity contribution in [2.75, 3.05) is 17.6 Å². The van der Waals surface area contributed by atoms with Crippen molar-refractivity contribution in [3.05, 3.63) is 65.0 Å². The molecule has 7 heteroatoms. The van der Waals surface area contributed by atoms with Gasteiger partial charge in [-0.25, -0.2) is 13.4 Å². The van der Waals surface area contributed by atoms with E-state index in [2.05, 4.69) is 15.3 Å². The molecule has 0 bridgehead atoms. The lowest BCUT2D eigenvalue weighted by Gasteiger charge is -2.07. The van der Waals surface area contributed by atoms with Crippen molar-refractivity contribution in [3.8, 4) is 0 Å². The molecular formula is C17H17N3O3S. The zero-order chi connectivity index (χ0) is 17.0. The van der Waals surface area contributed by atoms with Crippen LogP contribution in [0, 0.1) is 0 Å². The molecule has 0 unspecified atom stereocenters. The summed E-state index contributed by atoms with van der Waals surface area (Å²) in [6.45, 7) is 0.396. The maximum absolute atomic E-state index is 12.2. The number of fused-ring (bicyclic) bond motifs is 1. The third-order valence-corrected chi connectivity index (χ3v) is 5.41. The summed E-state index contributed by atoms with van der Waals surface area (Å²) in [6.07, 6.45) is 0.410. The van der Waals surface area contributed by atoms with Crippen molar-refractivity contribution in [3.63, 3.8) is 0 Å². The van der Waals surface area contributed by atoms with E-state index in [1.165, 1.54) is 0 Å². The number of hydrogen-bond donors (Lipinski definition) is 2. The highest BCUT2D eigenvalue weighted by atomic mass is 32.2. The van der Waals surface area contributed by atoms with Gasteiger partial charge in [0.15, 0.2) is 9.84 Å². The van der Waals surface area contributed by atoms with Gasteiger partial charge < -0.3 is 5.32 Å². The van der Waals surface area contributed by atoms with Crippen molar-refractivity contribution in [2.45, 2.75) is 11.3 Å². The van der Waals surface area contributed by atoms with Crippen LogP contribution in [0.25, 0.3) is 10.9 Å². The largest absolute Gasteiger partial charge is 0.356 e. The van der Waals surface area contributed by atoms with E-state index in [1.54, 1.807) is 48.5 Å². The van der Waals surface area contributed by atoms with Crippen molar-refractivity contribution in [1.82, 2.24) is 9.97 Å². The van der Waals surface area contributed by atoms with Crippen LogP contribution >= 0.6 is 0 Å². The van der Waals surface area contributed by atoms with Crippen molar-refractivity contribution >= 4 is 26.7 Å². The molecule has 1 heterocycles. The minimum absolute atomic E-state index is 0.0296. The van der Waals surface area contributed by atoms with Gasteiger partial charge in [-0.2, -0.15) is 0 Å². The number of rotatable bonds is 6. The minimum Gasteiger partial charge on any atom is -0.356 e. The molecule has 124 valence electrons. The number of anilines is 1. The molecule has 2 aromatic carbocycles. The van der Waals surface area contributed by atoms with Gasteiger partial charge in [-0.15, -0.1) is 0 Å². The van der Waals surface area contributed by atoms with E-state index in [9.17, 15) is 13.2 Å². The quantitative estimate of drug-likeness (QED) is 0.670. The molecule has 6 nitrogen and oxygen atoms in total. The summed E-state index contributed by atoms with van der Waals surface area (Å²) in [5, 5.41) is 3.49. The molecule has 0 saturated heterocycles. The smallest absolute Gasteiger partial charge is 0.260 e. The van der Waals surface area contributed by atoms with Crippen LogP contribution in [0.15, 0.2) is 64.3 Å². The Balaban J connectivity index is 1.62. The number of H-pyrrole nitrogens is 1. The number of hydrogen-bond acceptors (Lipinski definition) is 5. The fourth-order valence-corrected chi connectivity index (χ4v) is 3.72. The van der Waals surface area contributed by atoms with E-state index in [-0.39, 0.29) is 11.3 Å². The lowest BCUT2D eigenvalue weighted by molar-refractivity contribution is 0.594. The Morgan fingerprint density at radius 3 is 2.50 bits per heavy atom. The van der Waals surface area contributed by atoms with E-state index >= 15 is 0 Å². The molecule has 3 aromatic rings. The summed E-state index contributed by atoms with van der Waals surface area (Å²) in [7, 11) is -3.29. The maximum atomic E-state index is 12.2. The third kappa shape index (κ3) is 3.62. The van der Waals surface area contributed by atoms with Crippen LogP contribution in [0.3, 0.4) is 0 Å². The van der Waals surface area contributed by atoms with Crippen LogP contribution < -0.4 is 10.9 Å². The minimum atomic E-state index is -3.29. The number of nitrogens with zero attached hydrogens (tertiary/aromatic N) is 1. The summed E-state index contributed by atoms with van der Waals surface area (Å²) < 4.78 is 24.3. The molecule has 24 heavy (non-hydrogen) atoms. The molecule has 0 saturated carbocycles. The average molecular weight is 343 g/mol. The molecule has 0 aliphatic carbocycles. The van der Waals surface area contributed by atoms with E-state index in [0.29, 0.717) is 34.7 Å². The molecule has 2 N–H and O–H groups in total. The first-order valence-electron chi connectivity index (χ1n) is 7.57. The number of sulfone groups is 1. The Bertz CT molecular complexity index is 998. The van der Waals surface area contributed by atoms with Crippen LogP contribution in [-0.2, 0) is 9.84 Å². The molecule has 0 aliphatic heterocycles. The average Bonchev–Trinajstić information content (AvgIpc) is 2.60. The Hall–Kier alpha value is -2.67. The second-order valence-electron chi connectivity index (χ2n) is 5.34. The number of para-hydroxylation sites is 1. The predicted octanol–water partition coefficient (Wildman–Crippen LogP) is 2.20. The summed E-state index contributed by atoms with van der Waals surface area (Å²) in [5.41, 5.74) is 0.376. The molecule has 1 aromatic heterocycles. The standard InChI is InChI=1S/C17H17N3O3S/c21-16-14-9-4-5-10-15(14)19-17(20-16)18-11-6-12-24(22,23)13-7-2-1-3-8-13/h1-5,7-10H,6,11-12H2,(H2,18,19,20,21). The van der Waals surface area contributed by atoms with Gasteiger partial charge in [0.05, 0.1) is 21.6 Å². The van der Waals surface area contributed by atoms with Crippen molar-refractivity contribution in [1.29, 1.82) is 0 Å². The van der Waals surface area contributed by atoms with Crippen LogP contribution in [0.2, 0.25) is 0 Å². The SMILES string of the molecule is O=c1[nH]c(NCCCS(=O)(=O)c2ccccc2)nc2ccccc12. The number of nitrogens with one attached hydrogen (secondary N) is 2. The first-order chi connectivity index (χ1) is 11.6. The second kappa shape index (κ2) is 6.84. The molecule has 0 fully saturated rings. The van der Waals surface area contributed by atoms with Gasteiger partial charge in [-0.3, -0.25) is 9.78 Å². The second-order valence-corrected chi connectivity index (χ2v) is 7.45. The Morgan fingerprint density at radius 2 is 1.71 bits per heavy atom. The number of aromatic amines is 1. The number of benzene rings is 2. The fourth-order valence-electron chi connectivity index (χ4n) is 2.38. The van der Waals surface area contributed by atoms with Crippen LogP contribution in [-0.4, -0.2) is 30.7 Å². The monoisotopic (exact) mass is 343 g/mol. The van der Waals surface area contributed by atoms with Crippen LogP contribution in [0.4, 0.5) is 5.95 Å². The summed E-state index contributed by atoms with van der Waals surface area (Å²) >= 11 is 0. The molecule has 0 atom stereocenters. The van der Waals surface area contributed by atoms with Gasteiger partial charge in [-0.1, -0.05) is 30.3 Å². The third-order valence-electron chi connectivity index (χ3n) is 3.60. The Kier molecular flexibility index (Phi) is 4.61. The van der Waals surface area contributed by atoms with Gasteiger partial charge in [0, 0.05) is 6.54 Å². The van der Waals surface area contributed by atoms with Gasteiger partial charge in [0.2, 0.25) is 5.95 Å². The van der Waals surface area contributed by atoms with Crippen LogP contribution in [0.1, 0.15) is 6.42 Å². The van der Waals surface area contributed by atoms with Gasteiger partial charge in [0.1, 0.15) is 0 Å². The predicted molar refractivity (Wildman–Crippen MR) is 94.0 cm³/mol. The lowest BCUT2D eigenvalue weighted by atomic mass is 10.2. The number of aromatic nitrogens is 2. The highest BCUT2D eigenvalue weighted by Crippen LogP contribution is 2.11.